The number of carbonyl (C=O) groups is 1. The first kappa shape index (κ1) is 14.0. The zero-order valence-corrected chi connectivity index (χ0v) is 11.1. The molecule has 4 heteroatoms. The summed E-state index contributed by atoms with van der Waals surface area (Å²) < 4.78 is 10.6. The Morgan fingerprint density at radius 1 is 1.32 bits per heavy atom. The van der Waals surface area contributed by atoms with Crippen molar-refractivity contribution in [3.63, 3.8) is 0 Å². The van der Waals surface area contributed by atoms with E-state index >= 15 is 0 Å². The number of hydrogen-bond acceptors (Lipinski definition) is 4. The summed E-state index contributed by atoms with van der Waals surface area (Å²) in [7, 11) is 0. The smallest absolute Gasteiger partial charge is 0.307 e. The molecular weight excluding hydrogens is 242 g/mol. The van der Waals surface area contributed by atoms with Crippen molar-refractivity contribution >= 4 is 5.97 Å². The Bertz CT molecular complexity index is 388. The third-order valence-corrected chi connectivity index (χ3v) is 3.44. The first-order valence-corrected chi connectivity index (χ1v) is 6.79. The molecule has 0 spiro atoms. The maximum atomic E-state index is 11.7. The first-order chi connectivity index (χ1) is 9.25. The maximum absolute atomic E-state index is 11.7. The second kappa shape index (κ2) is 7.26. The zero-order chi connectivity index (χ0) is 13.5. The Morgan fingerprint density at radius 3 is 2.68 bits per heavy atom. The Morgan fingerprint density at radius 2 is 2.00 bits per heavy atom. The fourth-order valence-corrected chi connectivity index (χ4v) is 2.18. The molecule has 104 valence electrons. The maximum Gasteiger partial charge on any atom is 0.307 e. The van der Waals surface area contributed by atoms with E-state index in [1.807, 2.05) is 30.3 Å². The largest absolute Gasteiger partial charge is 0.465 e. The van der Waals surface area contributed by atoms with Crippen LogP contribution < -0.4 is 5.73 Å². The van der Waals surface area contributed by atoms with Gasteiger partial charge < -0.3 is 15.2 Å². The van der Waals surface area contributed by atoms with E-state index in [1.54, 1.807) is 0 Å². The molecule has 0 amide bonds. The van der Waals surface area contributed by atoms with Crippen LogP contribution in [0.1, 0.15) is 30.9 Å². The summed E-state index contributed by atoms with van der Waals surface area (Å²) in [5.41, 5.74) is 6.95. The van der Waals surface area contributed by atoms with E-state index in [-0.39, 0.29) is 18.4 Å². The first-order valence-electron chi connectivity index (χ1n) is 6.79. The summed E-state index contributed by atoms with van der Waals surface area (Å²) in [5, 5.41) is 0. The summed E-state index contributed by atoms with van der Waals surface area (Å²) in [6.45, 7) is 2.03. The SMILES string of the molecule is NC(CC(=O)OCC1CCOCC1)c1ccccc1. The third-order valence-electron chi connectivity index (χ3n) is 3.44. The van der Waals surface area contributed by atoms with Crippen molar-refractivity contribution in [2.75, 3.05) is 19.8 Å². The second-order valence-electron chi connectivity index (χ2n) is 4.96. The lowest BCUT2D eigenvalue weighted by atomic mass is 10.0. The van der Waals surface area contributed by atoms with Gasteiger partial charge in [-0.15, -0.1) is 0 Å². The molecule has 1 saturated heterocycles. The van der Waals surface area contributed by atoms with Crippen LogP contribution in [0.3, 0.4) is 0 Å². The molecule has 4 nitrogen and oxygen atoms in total. The number of ether oxygens (including phenoxy) is 2. The molecule has 0 radical (unpaired) electrons. The molecule has 0 bridgehead atoms. The number of nitrogens with two attached hydrogens (primary N) is 1. The highest BCUT2D eigenvalue weighted by Crippen LogP contribution is 2.17. The number of rotatable bonds is 5. The molecule has 1 fully saturated rings. The molecule has 19 heavy (non-hydrogen) atoms. The minimum absolute atomic E-state index is 0.220. The molecule has 0 aromatic heterocycles. The molecule has 0 aliphatic carbocycles. The minimum atomic E-state index is -0.289. The summed E-state index contributed by atoms with van der Waals surface area (Å²) in [6.07, 6.45) is 2.17. The molecule has 1 atom stereocenters. The monoisotopic (exact) mass is 263 g/mol. The molecule has 1 aliphatic heterocycles. The van der Waals surface area contributed by atoms with Gasteiger partial charge in [-0.05, 0) is 24.3 Å². The molecule has 0 saturated carbocycles. The molecule has 1 aliphatic rings. The number of esters is 1. The van der Waals surface area contributed by atoms with Crippen LogP contribution in [0, 0.1) is 5.92 Å². The zero-order valence-electron chi connectivity index (χ0n) is 11.1. The molecular formula is C15H21NO3. The van der Waals surface area contributed by atoms with Crippen LogP contribution in [0.2, 0.25) is 0 Å². The van der Waals surface area contributed by atoms with Gasteiger partial charge in [0.1, 0.15) is 0 Å². The highest BCUT2D eigenvalue weighted by molar-refractivity contribution is 5.70. The molecule has 2 rings (SSSR count). The van der Waals surface area contributed by atoms with E-state index in [2.05, 4.69) is 0 Å². The Labute approximate surface area is 113 Å². The lowest BCUT2D eigenvalue weighted by Gasteiger charge is -2.21. The van der Waals surface area contributed by atoms with Gasteiger partial charge in [-0.1, -0.05) is 30.3 Å². The van der Waals surface area contributed by atoms with E-state index in [1.165, 1.54) is 0 Å². The average Bonchev–Trinajstić information content (AvgIpc) is 2.47. The van der Waals surface area contributed by atoms with Crippen LogP contribution in [0.25, 0.3) is 0 Å². The Kier molecular flexibility index (Phi) is 5.36. The second-order valence-corrected chi connectivity index (χ2v) is 4.96. The lowest BCUT2D eigenvalue weighted by Crippen LogP contribution is -2.23. The van der Waals surface area contributed by atoms with Gasteiger partial charge in [-0.25, -0.2) is 0 Å². The minimum Gasteiger partial charge on any atom is -0.465 e. The van der Waals surface area contributed by atoms with E-state index in [4.69, 9.17) is 15.2 Å². The van der Waals surface area contributed by atoms with E-state index in [0.29, 0.717) is 12.5 Å². The van der Waals surface area contributed by atoms with Crippen molar-refractivity contribution in [1.29, 1.82) is 0 Å². The lowest BCUT2D eigenvalue weighted by molar-refractivity contribution is -0.146. The standard InChI is InChI=1S/C15H21NO3/c16-14(13-4-2-1-3-5-13)10-15(17)19-11-12-6-8-18-9-7-12/h1-5,12,14H,6-11,16H2. The predicted molar refractivity (Wildman–Crippen MR) is 72.5 cm³/mol. The van der Waals surface area contributed by atoms with Crippen molar-refractivity contribution in [3.8, 4) is 0 Å². The fourth-order valence-electron chi connectivity index (χ4n) is 2.18. The van der Waals surface area contributed by atoms with Crippen molar-refractivity contribution in [2.45, 2.75) is 25.3 Å². The van der Waals surface area contributed by atoms with Crippen molar-refractivity contribution in [1.82, 2.24) is 0 Å². The van der Waals surface area contributed by atoms with Crippen LogP contribution in [0.4, 0.5) is 0 Å². The highest BCUT2D eigenvalue weighted by atomic mass is 16.5. The predicted octanol–water partition coefficient (Wildman–Crippen LogP) is 2.05. The fraction of sp³-hybridized carbons (Fsp3) is 0.533. The van der Waals surface area contributed by atoms with Crippen LogP contribution in [-0.4, -0.2) is 25.8 Å². The van der Waals surface area contributed by atoms with Gasteiger partial charge in [-0.3, -0.25) is 4.79 Å². The average molecular weight is 263 g/mol. The van der Waals surface area contributed by atoms with Gasteiger partial charge in [-0.2, -0.15) is 0 Å². The molecule has 1 aromatic rings. The Hall–Kier alpha value is -1.39. The third kappa shape index (κ3) is 4.65. The quantitative estimate of drug-likeness (QED) is 0.826. The van der Waals surface area contributed by atoms with E-state index < -0.39 is 0 Å². The highest BCUT2D eigenvalue weighted by Gasteiger charge is 2.17. The van der Waals surface area contributed by atoms with Gasteiger partial charge in [0, 0.05) is 19.3 Å². The van der Waals surface area contributed by atoms with E-state index in [9.17, 15) is 4.79 Å². The number of carbonyl (C=O) groups excluding carboxylic acids is 1. The molecule has 2 N–H and O–H groups in total. The summed E-state index contributed by atoms with van der Waals surface area (Å²) >= 11 is 0. The van der Waals surface area contributed by atoms with Crippen LogP contribution >= 0.6 is 0 Å². The van der Waals surface area contributed by atoms with Crippen LogP contribution in [-0.2, 0) is 14.3 Å². The van der Waals surface area contributed by atoms with Crippen LogP contribution in [0.5, 0.6) is 0 Å². The normalized spacial score (nSPS) is 17.9. The Balaban J connectivity index is 1.71. The summed E-state index contributed by atoms with van der Waals surface area (Å²) in [6, 6.07) is 9.33. The molecule has 1 unspecified atom stereocenters. The van der Waals surface area contributed by atoms with Gasteiger partial charge in [0.05, 0.1) is 13.0 Å². The summed E-state index contributed by atoms with van der Waals surface area (Å²) in [5.74, 6) is 0.216. The number of benzene rings is 1. The van der Waals surface area contributed by atoms with Crippen molar-refractivity contribution in [2.24, 2.45) is 11.7 Å². The van der Waals surface area contributed by atoms with Gasteiger partial charge in [0.25, 0.3) is 0 Å². The number of hydrogen-bond donors (Lipinski definition) is 1. The molecule has 1 heterocycles. The molecule has 1 aromatic carbocycles. The summed E-state index contributed by atoms with van der Waals surface area (Å²) in [4.78, 5) is 11.7. The topological polar surface area (TPSA) is 61.6 Å². The van der Waals surface area contributed by atoms with Gasteiger partial charge in [0.2, 0.25) is 0 Å². The van der Waals surface area contributed by atoms with E-state index in [0.717, 1.165) is 31.6 Å². The van der Waals surface area contributed by atoms with Crippen LogP contribution in [0.15, 0.2) is 30.3 Å². The van der Waals surface area contributed by atoms with Gasteiger partial charge in [0.15, 0.2) is 0 Å². The van der Waals surface area contributed by atoms with Crippen molar-refractivity contribution < 1.29 is 14.3 Å². The van der Waals surface area contributed by atoms with Crippen molar-refractivity contribution in [3.05, 3.63) is 35.9 Å². The van der Waals surface area contributed by atoms with Gasteiger partial charge >= 0.3 is 5.97 Å².